The van der Waals surface area contributed by atoms with Crippen LogP contribution in [0.15, 0.2) is 0 Å². The maximum atomic E-state index is 11.3. The Kier molecular flexibility index (Phi) is 5.99. The van der Waals surface area contributed by atoms with Crippen LogP contribution in [0.25, 0.3) is 0 Å². The molecule has 0 saturated carbocycles. The van der Waals surface area contributed by atoms with Crippen LogP contribution >= 0.6 is 23.6 Å². The number of aliphatic hydroxyl groups excluding tert-OH is 3. The summed E-state index contributed by atoms with van der Waals surface area (Å²) >= 11 is 11.5. The van der Waals surface area contributed by atoms with Gasteiger partial charge in [0.15, 0.2) is 6.29 Å². The number of nitrogens with zero attached hydrogens (tertiary/aromatic N) is 2. The molecule has 1 aliphatic rings. The summed E-state index contributed by atoms with van der Waals surface area (Å²) in [5, 5.41) is 29.2. The van der Waals surface area contributed by atoms with Crippen molar-refractivity contribution in [1.29, 1.82) is 0 Å². The number of hydrogen-bond donors (Lipinski definition) is 3. The van der Waals surface area contributed by atoms with E-state index in [2.05, 4.69) is 0 Å². The quantitative estimate of drug-likeness (QED) is 0.560. The Morgan fingerprint density at radius 2 is 1.55 bits per heavy atom. The van der Waals surface area contributed by atoms with Crippen LogP contribution in [0.3, 0.4) is 0 Å². The molecule has 0 radical (unpaired) electrons. The molecule has 5 atom stereocenters. The van der Waals surface area contributed by atoms with Crippen molar-refractivity contribution in [2.45, 2.75) is 44.4 Å². The van der Waals surface area contributed by atoms with Crippen LogP contribution in [-0.4, -0.2) is 73.2 Å². The van der Waals surface area contributed by atoms with Gasteiger partial charge in [-0.05, 0) is 0 Å². The normalized spacial score (nSPS) is 33.6. The summed E-state index contributed by atoms with van der Waals surface area (Å²) < 4.78 is 6.28. The molecule has 0 unspecified atom stereocenters. The summed E-state index contributed by atoms with van der Waals surface area (Å²) in [4.78, 5) is 22.6. The van der Waals surface area contributed by atoms with Gasteiger partial charge in [0, 0.05) is 37.4 Å². The van der Waals surface area contributed by atoms with Crippen molar-refractivity contribution < 1.29 is 29.6 Å². The van der Waals surface area contributed by atoms with Crippen molar-refractivity contribution in [1.82, 2.24) is 8.84 Å². The van der Waals surface area contributed by atoms with E-state index in [4.69, 9.17) is 28.3 Å². The highest BCUT2D eigenvalue weighted by Gasteiger charge is 2.50. The van der Waals surface area contributed by atoms with Gasteiger partial charge in [-0.25, -0.2) is 8.84 Å². The minimum absolute atomic E-state index is 0.570. The maximum absolute atomic E-state index is 11.3. The van der Waals surface area contributed by atoms with E-state index >= 15 is 0 Å². The lowest BCUT2D eigenvalue weighted by molar-refractivity contribution is -0.244. The van der Waals surface area contributed by atoms with Gasteiger partial charge >= 0.3 is 0 Å². The van der Waals surface area contributed by atoms with Gasteiger partial charge in [0.25, 0.3) is 0 Å². The Morgan fingerprint density at radius 3 is 1.95 bits per heavy atom. The molecule has 1 fully saturated rings. The molecule has 1 heterocycles. The van der Waals surface area contributed by atoms with Gasteiger partial charge < -0.3 is 20.1 Å². The van der Waals surface area contributed by atoms with E-state index in [-0.39, 0.29) is 0 Å². The number of carbonyl (C=O) groups excluding carboxylic acids is 2. The van der Waals surface area contributed by atoms with Crippen molar-refractivity contribution in [3.63, 3.8) is 0 Å². The van der Waals surface area contributed by atoms with E-state index in [9.17, 15) is 24.9 Å². The molecule has 0 aromatic rings. The summed E-state index contributed by atoms with van der Waals surface area (Å²) in [6.07, 6.45) is -4.25. The second-order valence-corrected chi connectivity index (χ2v) is 5.11. The molecule has 116 valence electrons. The average Bonchev–Trinajstić information content (AvgIpc) is 2.36. The Balaban J connectivity index is 3.07. The summed E-state index contributed by atoms with van der Waals surface area (Å²) in [7, 11) is 0. The number of amides is 2. The highest BCUT2D eigenvalue weighted by Crippen LogP contribution is 2.29. The number of halogens is 2. The molecule has 8 nitrogen and oxygen atoms in total. The molecule has 1 rings (SSSR count). The third kappa shape index (κ3) is 3.33. The van der Waals surface area contributed by atoms with Crippen LogP contribution in [0.1, 0.15) is 13.8 Å². The third-order valence-corrected chi connectivity index (χ3v) is 3.92. The predicted molar refractivity (Wildman–Crippen MR) is 68.3 cm³/mol. The van der Waals surface area contributed by atoms with Crippen molar-refractivity contribution in [3.05, 3.63) is 0 Å². The fraction of sp³-hybridized carbons (Fsp3) is 0.800. The fourth-order valence-corrected chi connectivity index (χ4v) is 2.48. The first-order valence-corrected chi connectivity index (χ1v) is 6.43. The second kappa shape index (κ2) is 6.88. The van der Waals surface area contributed by atoms with Gasteiger partial charge in [-0.2, -0.15) is 0 Å². The van der Waals surface area contributed by atoms with E-state index in [1.807, 2.05) is 0 Å². The van der Waals surface area contributed by atoms with E-state index in [0.717, 1.165) is 13.8 Å². The summed E-state index contributed by atoms with van der Waals surface area (Å²) in [6.45, 7) is 1.69. The SMILES string of the molecule is CC(=O)N(Cl)[C@H]1[C@@H](O)[C@H](N(Cl)C(C)=O)[C@@H](CO)O[C@H]1O. The van der Waals surface area contributed by atoms with Crippen LogP contribution in [0.2, 0.25) is 0 Å². The van der Waals surface area contributed by atoms with Gasteiger partial charge in [-0.1, -0.05) is 0 Å². The molecule has 20 heavy (non-hydrogen) atoms. The zero-order valence-corrected chi connectivity index (χ0v) is 12.3. The van der Waals surface area contributed by atoms with Gasteiger partial charge in [0.1, 0.15) is 24.3 Å². The zero-order valence-electron chi connectivity index (χ0n) is 10.8. The molecule has 0 aliphatic carbocycles. The van der Waals surface area contributed by atoms with Crippen LogP contribution < -0.4 is 0 Å². The van der Waals surface area contributed by atoms with Crippen LogP contribution in [-0.2, 0) is 14.3 Å². The number of hydrogen-bond acceptors (Lipinski definition) is 6. The first kappa shape index (κ1) is 17.4. The molecule has 3 N–H and O–H groups in total. The molecular weight excluding hydrogens is 315 g/mol. The summed E-state index contributed by atoms with van der Waals surface area (Å²) in [6, 6.07) is -2.50. The monoisotopic (exact) mass is 330 g/mol. The fourth-order valence-electron chi connectivity index (χ4n) is 2.03. The van der Waals surface area contributed by atoms with E-state index < -0.39 is 49.0 Å². The smallest absolute Gasteiger partial charge is 0.234 e. The van der Waals surface area contributed by atoms with E-state index in [1.54, 1.807) is 0 Å². The van der Waals surface area contributed by atoms with Gasteiger partial charge in [0.05, 0.1) is 6.61 Å². The van der Waals surface area contributed by atoms with Crippen LogP contribution in [0.5, 0.6) is 0 Å². The van der Waals surface area contributed by atoms with Gasteiger partial charge in [-0.3, -0.25) is 9.59 Å². The topological polar surface area (TPSA) is 111 Å². The minimum Gasteiger partial charge on any atom is -0.394 e. The maximum Gasteiger partial charge on any atom is 0.234 e. The Hall–Kier alpha value is -0.640. The molecular formula is C10H16Cl2N2O6. The van der Waals surface area contributed by atoms with Crippen molar-refractivity contribution in [3.8, 4) is 0 Å². The first-order chi connectivity index (χ1) is 9.22. The molecule has 2 amide bonds. The highest BCUT2D eigenvalue weighted by atomic mass is 35.5. The lowest BCUT2D eigenvalue weighted by atomic mass is 9.94. The molecule has 0 bridgehead atoms. The zero-order chi connectivity index (χ0) is 15.6. The number of rotatable bonds is 3. The molecule has 0 spiro atoms. The Morgan fingerprint density at radius 1 is 1.10 bits per heavy atom. The van der Waals surface area contributed by atoms with Crippen LogP contribution in [0.4, 0.5) is 0 Å². The summed E-state index contributed by atoms with van der Waals surface area (Å²) in [5.41, 5.74) is 0. The number of carbonyl (C=O) groups is 2. The van der Waals surface area contributed by atoms with Crippen molar-refractivity contribution in [2.24, 2.45) is 0 Å². The van der Waals surface area contributed by atoms with E-state index in [1.165, 1.54) is 0 Å². The lowest BCUT2D eigenvalue weighted by Crippen LogP contribution is -2.66. The van der Waals surface area contributed by atoms with Crippen LogP contribution in [0, 0.1) is 0 Å². The predicted octanol–water partition coefficient (Wildman–Crippen LogP) is -1.20. The molecule has 0 aromatic heterocycles. The largest absolute Gasteiger partial charge is 0.394 e. The molecule has 1 saturated heterocycles. The molecule has 1 aliphatic heterocycles. The molecule has 10 heteroatoms. The second-order valence-electron chi connectivity index (χ2n) is 4.38. The third-order valence-electron chi connectivity index (χ3n) is 2.99. The van der Waals surface area contributed by atoms with Gasteiger partial charge in [0.2, 0.25) is 11.8 Å². The van der Waals surface area contributed by atoms with Gasteiger partial charge in [-0.15, -0.1) is 0 Å². The standard InChI is InChI=1S/C10H16Cl2N2O6/c1-4(16)13(11)7-6(3-15)20-10(19)8(9(7)18)14(12)5(2)17/h6-10,15,18-19H,3H2,1-2H3/t6-,7-,8+,9+,10-/m1/s1. The average molecular weight is 331 g/mol. The van der Waals surface area contributed by atoms with Crippen molar-refractivity contribution in [2.75, 3.05) is 6.61 Å². The summed E-state index contributed by atoms with van der Waals surface area (Å²) in [5.74, 6) is -1.24. The number of ether oxygens (including phenoxy) is 1. The first-order valence-electron chi connectivity index (χ1n) is 5.76. The van der Waals surface area contributed by atoms with E-state index in [0.29, 0.717) is 8.84 Å². The molecule has 0 aromatic carbocycles. The lowest BCUT2D eigenvalue weighted by Gasteiger charge is -2.46. The number of aliphatic hydroxyl groups is 3. The minimum atomic E-state index is -1.63. The Bertz CT molecular complexity index is 385. The Labute approximate surface area is 125 Å². The highest BCUT2D eigenvalue weighted by molar-refractivity contribution is 6.22. The van der Waals surface area contributed by atoms with Crippen molar-refractivity contribution >= 4 is 35.4 Å².